The molecular formula is C14H25N5O. The van der Waals surface area contributed by atoms with E-state index in [1.807, 2.05) is 19.4 Å². The van der Waals surface area contributed by atoms with Crippen molar-refractivity contribution in [3.63, 3.8) is 0 Å². The van der Waals surface area contributed by atoms with E-state index in [-0.39, 0.29) is 6.10 Å². The van der Waals surface area contributed by atoms with E-state index in [4.69, 9.17) is 0 Å². The molecule has 0 radical (unpaired) electrons. The third-order valence-corrected chi connectivity index (χ3v) is 3.56. The normalized spacial score (nSPS) is 23.6. The Kier molecular flexibility index (Phi) is 5.40. The van der Waals surface area contributed by atoms with Crippen molar-refractivity contribution in [3.8, 4) is 0 Å². The number of guanidine groups is 1. The molecule has 0 unspecified atom stereocenters. The lowest BCUT2D eigenvalue weighted by Crippen LogP contribution is -2.45. The molecule has 0 saturated heterocycles. The minimum atomic E-state index is -0.122. The molecule has 3 N–H and O–H groups in total. The lowest BCUT2D eigenvalue weighted by Gasteiger charge is -2.27. The van der Waals surface area contributed by atoms with Crippen molar-refractivity contribution in [2.45, 2.75) is 51.3 Å². The summed E-state index contributed by atoms with van der Waals surface area (Å²) in [5.41, 5.74) is 1.10. The van der Waals surface area contributed by atoms with Crippen LogP contribution in [-0.4, -0.2) is 39.5 Å². The van der Waals surface area contributed by atoms with Gasteiger partial charge in [-0.25, -0.2) is 4.99 Å². The molecule has 20 heavy (non-hydrogen) atoms. The Bertz CT molecular complexity index is 435. The highest BCUT2D eigenvalue weighted by Gasteiger charge is 2.19. The number of aryl methyl sites for hydroxylation is 1. The van der Waals surface area contributed by atoms with Gasteiger partial charge in [0.15, 0.2) is 5.96 Å². The Morgan fingerprint density at radius 1 is 1.45 bits per heavy atom. The molecule has 6 nitrogen and oxygen atoms in total. The first-order valence-electron chi connectivity index (χ1n) is 7.37. The highest BCUT2D eigenvalue weighted by molar-refractivity contribution is 5.80. The molecule has 1 aromatic heterocycles. The molecular weight excluding hydrogens is 254 g/mol. The van der Waals surface area contributed by atoms with Gasteiger partial charge < -0.3 is 15.7 Å². The second-order valence-corrected chi connectivity index (χ2v) is 5.37. The van der Waals surface area contributed by atoms with Crippen LogP contribution in [0.4, 0.5) is 0 Å². The first-order chi connectivity index (χ1) is 9.67. The zero-order valence-corrected chi connectivity index (χ0v) is 12.3. The van der Waals surface area contributed by atoms with Crippen LogP contribution in [0, 0.1) is 0 Å². The smallest absolute Gasteiger partial charge is 0.191 e. The minimum absolute atomic E-state index is 0.122. The number of nitrogens with zero attached hydrogens (tertiary/aromatic N) is 3. The van der Waals surface area contributed by atoms with Crippen molar-refractivity contribution in [3.05, 3.63) is 18.0 Å². The molecule has 1 heterocycles. The fourth-order valence-corrected chi connectivity index (χ4v) is 2.46. The fraction of sp³-hybridized carbons (Fsp3) is 0.714. The van der Waals surface area contributed by atoms with Gasteiger partial charge in [-0.15, -0.1) is 0 Å². The fourth-order valence-electron chi connectivity index (χ4n) is 2.46. The first kappa shape index (κ1) is 14.8. The Morgan fingerprint density at radius 2 is 2.20 bits per heavy atom. The van der Waals surface area contributed by atoms with Crippen LogP contribution < -0.4 is 10.6 Å². The molecule has 2 rings (SSSR count). The van der Waals surface area contributed by atoms with Gasteiger partial charge >= 0.3 is 0 Å². The summed E-state index contributed by atoms with van der Waals surface area (Å²) >= 11 is 0. The van der Waals surface area contributed by atoms with E-state index >= 15 is 0 Å². The molecule has 0 aromatic carbocycles. The molecule has 1 saturated carbocycles. The quantitative estimate of drug-likeness (QED) is 0.562. The summed E-state index contributed by atoms with van der Waals surface area (Å²) in [5, 5.41) is 20.4. The Morgan fingerprint density at radius 3 is 2.80 bits per heavy atom. The maximum atomic E-state index is 9.54. The van der Waals surface area contributed by atoms with Gasteiger partial charge in [0.25, 0.3) is 0 Å². The van der Waals surface area contributed by atoms with Crippen molar-refractivity contribution < 1.29 is 5.11 Å². The van der Waals surface area contributed by atoms with Crippen molar-refractivity contribution >= 4 is 5.96 Å². The van der Waals surface area contributed by atoms with E-state index in [1.54, 1.807) is 4.68 Å². The molecule has 0 aliphatic heterocycles. The summed E-state index contributed by atoms with van der Waals surface area (Å²) in [4.78, 5) is 4.59. The number of rotatable bonds is 4. The summed E-state index contributed by atoms with van der Waals surface area (Å²) in [7, 11) is 1.91. The van der Waals surface area contributed by atoms with Crippen LogP contribution in [0.15, 0.2) is 17.4 Å². The van der Waals surface area contributed by atoms with Crippen LogP contribution in [0.5, 0.6) is 0 Å². The van der Waals surface area contributed by atoms with Crippen LogP contribution in [0.1, 0.15) is 38.2 Å². The number of aromatic nitrogens is 2. The van der Waals surface area contributed by atoms with E-state index in [9.17, 15) is 5.11 Å². The predicted molar refractivity (Wildman–Crippen MR) is 79.4 cm³/mol. The number of aliphatic hydroxyl groups is 1. The third-order valence-electron chi connectivity index (χ3n) is 3.56. The van der Waals surface area contributed by atoms with Gasteiger partial charge in [-0.1, -0.05) is 0 Å². The van der Waals surface area contributed by atoms with E-state index in [2.05, 4.69) is 27.6 Å². The van der Waals surface area contributed by atoms with Crippen LogP contribution in [0.2, 0.25) is 0 Å². The molecule has 0 spiro atoms. The molecule has 6 heteroatoms. The van der Waals surface area contributed by atoms with E-state index in [0.29, 0.717) is 12.6 Å². The summed E-state index contributed by atoms with van der Waals surface area (Å²) in [6.45, 7) is 3.53. The maximum Gasteiger partial charge on any atom is 0.191 e. The second-order valence-electron chi connectivity index (χ2n) is 5.37. The van der Waals surface area contributed by atoms with Crippen molar-refractivity contribution in [2.75, 3.05) is 6.54 Å². The highest BCUT2D eigenvalue weighted by Crippen LogP contribution is 2.18. The van der Waals surface area contributed by atoms with Gasteiger partial charge in [-0.3, -0.25) is 4.68 Å². The van der Waals surface area contributed by atoms with Gasteiger partial charge in [0.1, 0.15) is 0 Å². The lowest BCUT2D eigenvalue weighted by atomic mass is 9.93. The molecule has 1 fully saturated rings. The van der Waals surface area contributed by atoms with E-state index < -0.39 is 0 Å². The van der Waals surface area contributed by atoms with Crippen LogP contribution >= 0.6 is 0 Å². The molecule has 112 valence electrons. The number of hydrogen-bond acceptors (Lipinski definition) is 3. The Hall–Kier alpha value is -1.56. The molecule has 1 aliphatic rings. The van der Waals surface area contributed by atoms with Gasteiger partial charge in [-0.2, -0.15) is 5.10 Å². The number of nitrogens with one attached hydrogen (secondary N) is 2. The summed E-state index contributed by atoms with van der Waals surface area (Å²) < 4.78 is 1.79. The highest BCUT2D eigenvalue weighted by atomic mass is 16.3. The standard InChI is InChI=1S/C14H25N5O/c1-3-15-14(16-8-11-9-17-19(2)10-11)18-12-4-6-13(20)7-5-12/h9-10,12-13,20H,3-8H2,1-2H3,(H2,15,16,18). The van der Waals surface area contributed by atoms with Crippen molar-refractivity contribution in [1.82, 2.24) is 20.4 Å². The lowest BCUT2D eigenvalue weighted by molar-refractivity contribution is 0.120. The predicted octanol–water partition coefficient (Wildman–Crippen LogP) is 0.779. The molecule has 0 amide bonds. The number of hydrogen-bond donors (Lipinski definition) is 3. The zero-order valence-electron chi connectivity index (χ0n) is 12.3. The first-order valence-corrected chi connectivity index (χ1v) is 7.37. The number of aliphatic hydroxyl groups excluding tert-OH is 1. The molecule has 1 aliphatic carbocycles. The summed E-state index contributed by atoms with van der Waals surface area (Å²) in [6, 6.07) is 0.407. The zero-order chi connectivity index (χ0) is 14.4. The van der Waals surface area contributed by atoms with Gasteiger partial charge in [-0.05, 0) is 32.6 Å². The summed E-state index contributed by atoms with van der Waals surface area (Å²) in [5.74, 6) is 0.845. The van der Waals surface area contributed by atoms with Gasteiger partial charge in [0.2, 0.25) is 0 Å². The SMILES string of the molecule is CCNC(=NCc1cnn(C)c1)NC1CCC(O)CC1. The van der Waals surface area contributed by atoms with Crippen LogP contribution in [-0.2, 0) is 13.6 Å². The average molecular weight is 279 g/mol. The summed E-state index contributed by atoms with van der Waals surface area (Å²) in [6.07, 6.45) is 7.44. The van der Waals surface area contributed by atoms with Crippen molar-refractivity contribution in [1.29, 1.82) is 0 Å². The Labute approximate surface area is 120 Å². The molecule has 0 atom stereocenters. The largest absolute Gasteiger partial charge is 0.393 e. The molecule has 1 aromatic rings. The van der Waals surface area contributed by atoms with E-state index in [0.717, 1.165) is 43.8 Å². The second kappa shape index (κ2) is 7.28. The van der Waals surface area contributed by atoms with Crippen LogP contribution in [0.25, 0.3) is 0 Å². The minimum Gasteiger partial charge on any atom is -0.393 e. The van der Waals surface area contributed by atoms with Crippen molar-refractivity contribution in [2.24, 2.45) is 12.0 Å². The molecule has 0 bridgehead atoms. The third kappa shape index (κ3) is 4.52. The number of aliphatic imine (C=N–C) groups is 1. The van der Waals surface area contributed by atoms with Gasteiger partial charge in [0, 0.05) is 31.4 Å². The average Bonchev–Trinajstić information content (AvgIpc) is 2.85. The Balaban J connectivity index is 1.88. The maximum absolute atomic E-state index is 9.54. The van der Waals surface area contributed by atoms with Crippen LogP contribution in [0.3, 0.4) is 0 Å². The van der Waals surface area contributed by atoms with Gasteiger partial charge in [0.05, 0.1) is 18.8 Å². The van der Waals surface area contributed by atoms with E-state index in [1.165, 1.54) is 0 Å². The monoisotopic (exact) mass is 279 g/mol. The topological polar surface area (TPSA) is 74.5 Å².